The number of allylic oxidation sites excluding steroid dienone is 2. The molecule has 31 heavy (non-hydrogen) atoms. The number of piperazine rings is 1. The number of carboxylic acid groups (broad SMARTS) is 1. The standard InChI is InChI=1S/C24H30N2O5/c1-14(2)20-16-4-5-17(20)22(24(28)29)21(16)23(27)26-9-7-25(8-10-26)12-15-3-6-18-19(11-15)31-13-30-18/h3,6,11,16-17,21-22H,4-5,7-10,12-13H2,1-2H3,(H,28,29)/t16-,17-,21+,22+/m1/s1. The second kappa shape index (κ2) is 7.86. The highest BCUT2D eigenvalue weighted by molar-refractivity contribution is 5.87. The molecule has 2 aliphatic carbocycles. The van der Waals surface area contributed by atoms with E-state index >= 15 is 0 Å². The second-order valence-corrected chi connectivity index (χ2v) is 9.42. The summed E-state index contributed by atoms with van der Waals surface area (Å²) in [5, 5.41) is 9.90. The molecule has 7 nitrogen and oxygen atoms in total. The van der Waals surface area contributed by atoms with Crippen molar-refractivity contribution in [3.63, 3.8) is 0 Å². The van der Waals surface area contributed by atoms with Crippen molar-refractivity contribution in [2.75, 3.05) is 33.0 Å². The van der Waals surface area contributed by atoms with Crippen molar-refractivity contribution < 1.29 is 24.2 Å². The predicted octanol–water partition coefficient (Wildman–Crippen LogP) is 2.75. The van der Waals surface area contributed by atoms with E-state index in [1.807, 2.05) is 17.0 Å². The smallest absolute Gasteiger partial charge is 0.307 e. The molecule has 2 heterocycles. The summed E-state index contributed by atoms with van der Waals surface area (Å²) < 4.78 is 10.8. The van der Waals surface area contributed by atoms with Crippen LogP contribution in [0.3, 0.4) is 0 Å². The molecule has 0 radical (unpaired) electrons. The summed E-state index contributed by atoms with van der Waals surface area (Å²) >= 11 is 0. The molecule has 0 spiro atoms. The normalized spacial score (nSPS) is 29.5. The van der Waals surface area contributed by atoms with Crippen LogP contribution in [0.5, 0.6) is 11.5 Å². The molecule has 5 rings (SSSR count). The third-order valence-electron chi connectivity index (χ3n) is 7.52. The van der Waals surface area contributed by atoms with Gasteiger partial charge in [-0.3, -0.25) is 14.5 Å². The molecule has 2 saturated carbocycles. The number of aliphatic carboxylic acids is 1. The van der Waals surface area contributed by atoms with Gasteiger partial charge in [-0.25, -0.2) is 0 Å². The molecular weight excluding hydrogens is 396 g/mol. The van der Waals surface area contributed by atoms with Gasteiger partial charge in [0.05, 0.1) is 11.8 Å². The predicted molar refractivity (Wildman–Crippen MR) is 114 cm³/mol. The van der Waals surface area contributed by atoms with Crippen LogP contribution >= 0.6 is 0 Å². The van der Waals surface area contributed by atoms with E-state index in [1.54, 1.807) is 0 Å². The summed E-state index contributed by atoms with van der Waals surface area (Å²) in [6, 6.07) is 6.02. The zero-order chi connectivity index (χ0) is 21.7. The van der Waals surface area contributed by atoms with Crippen LogP contribution < -0.4 is 9.47 Å². The first-order valence-corrected chi connectivity index (χ1v) is 11.2. The molecule has 2 aliphatic heterocycles. The van der Waals surface area contributed by atoms with Gasteiger partial charge in [0, 0.05) is 32.7 Å². The van der Waals surface area contributed by atoms with Crippen LogP contribution in [-0.2, 0) is 16.1 Å². The van der Waals surface area contributed by atoms with Crippen LogP contribution in [0.2, 0.25) is 0 Å². The number of nitrogens with zero attached hydrogens (tertiary/aromatic N) is 2. The molecule has 4 aliphatic rings. The summed E-state index contributed by atoms with van der Waals surface area (Å²) in [5.41, 5.74) is 3.60. The second-order valence-electron chi connectivity index (χ2n) is 9.42. The number of hydrogen-bond acceptors (Lipinski definition) is 5. The molecule has 0 unspecified atom stereocenters. The van der Waals surface area contributed by atoms with Gasteiger partial charge in [0.2, 0.25) is 12.7 Å². The van der Waals surface area contributed by atoms with Gasteiger partial charge in [-0.15, -0.1) is 0 Å². The Kier molecular flexibility index (Phi) is 5.16. The zero-order valence-electron chi connectivity index (χ0n) is 18.2. The summed E-state index contributed by atoms with van der Waals surface area (Å²) in [6.45, 7) is 8.05. The lowest BCUT2D eigenvalue weighted by Gasteiger charge is -2.38. The fraction of sp³-hybridized carbons (Fsp3) is 0.583. The number of ether oxygens (including phenoxy) is 2. The average molecular weight is 427 g/mol. The summed E-state index contributed by atoms with van der Waals surface area (Å²) in [4.78, 5) is 29.8. The van der Waals surface area contributed by atoms with Gasteiger partial charge in [0.15, 0.2) is 11.5 Å². The lowest BCUT2D eigenvalue weighted by atomic mass is 9.78. The first-order chi connectivity index (χ1) is 14.9. The fourth-order valence-corrected chi connectivity index (χ4v) is 6.22. The average Bonchev–Trinajstić information content (AvgIpc) is 3.46. The van der Waals surface area contributed by atoms with Crippen molar-refractivity contribution in [2.24, 2.45) is 23.7 Å². The van der Waals surface area contributed by atoms with Crippen LogP contribution in [0.25, 0.3) is 0 Å². The van der Waals surface area contributed by atoms with E-state index in [1.165, 1.54) is 11.1 Å². The molecule has 0 aromatic heterocycles. The number of carbonyl (C=O) groups excluding carboxylic acids is 1. The van der Waals surface area contributed by atoms with E-state index in [9.17, 15) is 14.7 Å². The number of rotatable bonds is 4. The third-order valence-corrected chi connectivity index (χ3v) is 7.52. The van der Waals surface area contributed by atoms with Gasteiger partial charge < -0.3 is 19.5 Å². The first kappa shape index (κ1) is 20.4. The highest BCUT2D eigenvalue weighted by atomic mass is 16.7. The number of amides is 1. The van der Waals surface area contributed by atoms with Crippen molar-refractivity contribution in [1.82, 2.24) is 9.80 Å². The summed E-state index contributed by atoms with van der Waals surface area (Å²) in [5.74, 6) is -0.0219. The van der Waals surface area contributed by atoms with Crippen LogP contribution in [0.1, 0.15) is 32.3 Å². The number of carbonyl (C=O) groups is 2. The number of hydrogen-bond donors (Lipinski definition) is 1. The van der Waals surface area contributed by atoms with Crippen LogP contribution in [0, 0.1) is 23.7 Å². The Morgan fingerprint density at radius 1 is 1.00 bits per heavy atom. The van der Waals surface area contributed by atoms with E-state index < -0.39 is 17.8 Å². The Balaban J connectivity index is 1.24. The number of benzene rings is 1. The minimum Gasteiger partial charge on any atom is -0.481 e. The number of fused-ring (bicyclic) bond motifs is 3. The van der Waals surface area contributed by atoms with Crippen LogP contribution in [0.15, 0.2) is 29.3 Å². The maximum Gasteiger partial charge on any atom is 0.307 e. The molecule has 7 heteroatoms. The highest BCUT2D eigenvalue weighted by Gasteiger charge is 2.58. The Hall–Kier alpha value is -2.54. The molecule has 1 amide bonds. The van der Waals surface area contributed by atoms with Crippen molar-refractivity contribution in [1.29, 1.82) is 0 Å². The SMILES string of the molecule is CC(C)=C1[C@H]2CC[C@H]1[C@H](C(=O)N1CCN(Cc3ccc4c(c3)OCO4)CC1)[C@H]2C(=O)O. The monoisotopic (exact) mass is 426 g/mol. The van der Waals surface area contributed by atoms with E-state index in [0.717, 1.165) is 49.5 Å². The molecular formula is C24H30N2O5. The molecule has 3 fully saturated rings. The van der Waals surface area contributed by atoms with Crippen LogP contribution in [0.4, 0.5) is 0 Å². The zero-order valence-corrected chi connectivity index (χ0v) is 18.2. The fourth-order valence-electron chi connectivity index (χ4n) is 6.22. The van der Waals surface area contributed by atoms with Gasteiger partial charge in [-0.1, -0.05) is 17.2 Å². The Labute approximate surface area is 182 Å². The van der Waals surface area contributed by atoms with Crippen molar-refractivity contribution >= 4 is 11.9 Å². The molecule has 1 N–H and O–H groups in total. The first-order valence-electron chi connectivity index (χ1n) is 11.2. The van der Waals surface area contributed by atoms with Crippen LogP contribution in [-0.4, -0.2) is 59.8 Å². The van der Waals surface area contributed by atoms with Crippen molar-refractivity contribution in [2.45, 2.75) is 33.2 Å². The summed E-state index contributed by atoms with van der Waals surface area (Å²) in [6.07, 6.45) is 1.84. The van der Waals surface area contributed by atoms with E-state index in [-0.39, 0.29) is 24.5 Å². The molecule has 1 aromatic rings. The molecule has 1 aromatic carbocycles. The quantitative estimate of drug-likeness (QED) is 0.746. The van der Waals surface area contributed by atoms with Gasteiger partial charge >= 0.3 is 5.97 Å². The molecule has 4 atom stereocenters. The van der Waals surface area contributed by atoms with Gasteiger partial charge in [-0.05, 0) is 56.2 Å². The molecule has 2 bridgehead atoms. The maximum atomic E-state index is 13.5. The van der Waals surface area contributed by atoms with E-state index in [2.05, 4.69) is 24.8 Å². The van der Waals surface area contributed by atoms with Gasteiger partial charge in [0.25, 0.3) is 0 Å². The topological polar surface area (TPSA) is 79.3 Å². The summed E-state index contributed by atoms with van der Waals surface area (Å²) in [7, 11) is 0. The minimum atomic E-state index is -0.814. The van der Waals surface area contributed by atoms with E-state index in [0.29, 0.717) is 13.1 Å². The lowest BCUT2D eigenvalue weighted by molar-refractivity contribution is -0.153. The Bertz CT molecular complexity index is 930. The molecule has 1 saturated heterocycles. The van der Waals surface area contributed by atoms with Crippen molar-refractivity contribution in [3.8, 4) is 11.5 Å². The largest absolute Gasteiger partial charge is 0.481 e. The van der Waals surface area contributed by atoms with E-state index in [4.69, 9.17) is 9.47 Å². The van der Waals surface area contributed by atoms with Gasteiger partial charge in [0.1, 0.15) is 0 Å². The van der Waals surface area contributed by atoms with Gasteiger partial charge in [-0.2, -0.15) is 0 Å². The minimum absolute atomic E-state index is 0.0359. The van der Waals surface area contributed by atoms with Crippen molar-refractivity contribution in [3.05, 3.63) is 34.9 Å². The maximum absolute atomic E-state index is 13.5. The number of carboxylic acids is 1. The highest BCUT2D eigenvalue weighted by Crippen LogP contribution is 2.57. The lowest BCUT2D eigenvalue weighted by Crippen LogP contribution is -2.52. The Morgan fingerprint density at radius 2 is 1.68 bits per heavy atom. The Morgan fingerprint density at radius 3 is 2.35 bits per heavy atom. The third kappa shape index (κ3) is 3.49. The molecule has 166 valence electrons.